The number of hydrogen-bond donors (Lipinski definition) is 0. The Morgan fingerprint density at radius 3 is 2.68 bits per heavy atom. The summed E-state index contributed by atoms with van der Waals surface area (Å²) in [6.45, 7) is 0. The molecule has 0 bridgehead atoms. The summed E-state index contributed by atoms with van der Waals surface area (Å²) in [6.07, 6.45) is 3.41. The zero-order chi connectivity index (χ0) is 14.8. The molecule has 0 atom stereocenters. The molecule has 5 heteroatoms. The van der Waals surface area contributed by atoms with Gasteiger partial charge in [-0.3, -0.25) is 0 Å². The zero-order valence-electron chi connectivity index (χ0n) is 12.2. The van der Waals surface area contributed by atoms with E-state index < -0.39 is 0 Å². The van der Waals surface area contributed by atoms with Gasteiger partial charge in [0.25, 0.3) is 0 Å². The molecule has 1 saturated carbocycles. The Labute approximate surface area is 138 Å². The second-order valence-electron chi connectivity index (χ2n) is 5.53. The summed E-state index contributed by atoms with van der Waals surface area (Å²) >= 11 is 3.58. The average Bonchev–Trinajstić information content (AvgIpc) is 3.11. The smallest absolute Gasteiger partial charge is 0.191 e. The molecule has 0 unspecified atom stereocenters. The van der Waals surface area contributed by atoms with Crippen molar-refractivity contribution in [2.75, 3.05) is 0 Å². The van der Waals surface area contributed by atoms with E-state index in [4.69, 9.17) is 0 Å². The molecular formula is C17H17N3S2. The van der Waals surface area contributed by atoms with Gasteiger partial charge in [0.15, 0.2) is 5.16 Å². The number of benzene rings is 1. The molecule has 0 N–H and O–H groups in total. The monoisotopic (exact) mass is 327 g/mol. The Kier molecular flexibility index (Phi) is 3.99. The van der Waals surface area contributed by atoms with Gasteiger partial charge in [-0.25, -0.2) is 0 Å². The third kappa shape index (κ3) is 3.10. The molecule has 1 aliphatic rings. The fraction of sp³-hybridized carbons (Fsp3) is 0.294. The highest BCUT2D eigenvalue weighted by atomic mass is 32.2. The van der Waals surface area contributed by atoms with Crippen molar-refractivity contribution in [1.29, 1.82) is 0 Å². The first-order chi connectivity index (χ1) is 10.9. The lowest BCUT2D eigenvalue weighted by Gasteiger charge is -2.08. The fourth-order valence-corrected chi connectivity index (χ4v) is 4.20. The van der Waals surface area contributed by atoms with E-state index in [1.54, 1.807) is 23.1 Å². The minimum Gasteiger partial charge on any atom is -0.303 e. The van der Waals surface area contributed by atoms with Crippen LogP contribution in [0.5, 0.6) is 0 Å². The summed E-state index contributed by atoms with van der Waals surface area (Å²) in [6, 6.07) is 15.4. The SMILES string of the molecule is c1ccc(CSc2nnc(Cc3cccs3)n2C2CC2)cc1. The molecule has 0 amide bonds. The van der Waals surface area contributed by atoms with Crippen molar-refractivity contribution in [3.8, 4) is 0 Å². The highest BCUT2D eigenvalue weighted by molar-refractivity contribution is 7.98. The van der Waals surface area contributed by atoms with Gasteiger partial charge < -0.3 is 4.57 Å². The lowest BCUT2D eigenvalue weighted by atomic mass is 10.2. The average molecular weight is 327 g/mol. The number of aromatic nitrogens is 3. The highest BCUT2D eigenvalue weighted by Gasteiger charge is 2.29. The molecule has 1 aromatic carbocycles. The third-order valence-electron chi connectivity index (χ3n) is 3.77. The zero-order valence-corrected chi connectivity index (χ0v) is 13.8. The third-order valence-corrected chi connectivity index (χ3v) is 5.66. The van der Waals surface area contributed by atoms with Crippen LogP contribution in [-0.2, 0) is 12.2 Å². The van der Waals surface area contributed by atoms with Crippen LogP contribution >= 0.6 is 23.1 Å². The Balaban J connectivity index is 1.53. The molecule has 2 aromatic heterocycles. The van der Waals surface area contributed by atoms with Crippen LogP contribution in [0.4, 0.5) is 0 Å². The summed E-state index contributed by atoms with van der Waals surface area (Å²) in [4.78, 5) is 1.36. The molecule has 0 radical (unpaired) electrons. The Bertz CT molecular complexity index is 731. The largest absolute Gasteiger partial charge is 0.303 e. The molecule has 0 saturated heterocycles. The fourth-order valence-electron chi connectivity index (χ4n) is 2.52. The first kappa shape index (κ1) is 14.0. The topological polar surface area (TPSA) is 30.7 Å². The molecular weight excluding hydrogens is 310 g/mol. The molecule has 1 fully saturated rings. The minimum absolute atomic E-state index is 0.614. The minimum atomic E-state index is 0.614. The van der Waals surface area contributed by atoms with E-state index in [9.17, 15) is 0 Å². The van der Waals surface area contributed by atoms with Crippen LogP contribution in [-0.4, -0.2) is 14.8 Å². The lowest BCUT2D eigenvalue weighted by molar-refractivity contribution is 0.635. The second-order valence-corrected chi connectivity index (χ2v) is 7.51. The number of nitrogens with zero attached hydrogens (tertiary/aromatic N) is 3. The van der Waals surface area contributed by atoms with E-state index in [1.165, 1.54) is 23.3 Å². The van der Waals surface area contributed by atoms with E-state index >= 15 is 0 Å². The van der Waals surface area contributed by atoms with E-state index in [0.29, 0.717) is 6.04 Å². The molecule has 22 heavy (non-hydrogen) atoms. The number of rotatable bonds is 6. The first-order valence-electron chi connectivity index (χ1n) is 7.53. The van der Waals surface area contributed by atoms with E-state index in [-0.39, 0.29) is 0 Å². The summed E-state index contributed by atoms with van der Waals surface area (Å²) in [5.41, 5.74) is 1.33. The Morgan fingerprint density at radius 1 is 1.09 bits per heavy atom. The molecule has 112 valence electrons. The number of thiophene rings is 1. The van der Waals surface area contributed by atoms with Gasteiger partial charge in [0.2, 0.25) is 0 Å². The number of thioether (sulfide) groups is 1. The normalized spacial score (nSPS) is 14.4. The van der Waals surface area contributed by atoms with Crippen LogP contribution in [0.2, 0.25) is 0 Å². The summed E-state index contributed by atoms with van der Waals surface area (Å²) < 4.78 is 2.37. The van der Waals surface area contributed by atoms with Gasteiger partial charge in [-0.1, -0.05) is 48.2 Å². The molecule has 0 aliphatic heterocycles. The predicted octanol–water partition coefficient (Wildman–Crippen LogP) is 4.56. The van der Waals surface area contributed by atoms with Gasteiger partial charge >= 0.3 is 0 Å². The van der Waals surface area contributed by atoms with Gasteiger partial charge in [0.05, 0.1) is 0 Å². The maximum Gasteiger partial charge on any atom is 0.191 e. The first-order valence-corrected chi connectivity index (χ1v) is 9.39. The van der Waals surface area contributed by atoms with Gasteiger partial charge in [0.1, 0.15) is 5.82 Å². The van der Waals surface area contributed by atoms with E-state index in [1.807, 2.05) is 0 Å². The van der Waals surface area contributed by atoms with Crippen molar-refractivity contribution in [2.45, 2.75) is 36.2 Å². The van der Waals surface area contributed by atoms with Crippen LogP contribution in [0.1, 0.15) is 35.1 Å². The Hall–Kier alpha value is -1.59. The van der Waals surface area contributed by atoms with Crippen molar-refractivity contribution < 1.29 is 0 Å². The van der Waals surface area contributed by atoms with E-state index in [2.05, 4.69) is 62.6 Å². The van der Waals surface area contributed by atoms with Gasteiger partial charge in [-0.2, -0.15) is 0 Å². The molecule has 3 aromatic rings. The highest BCUT2D eigenvalue weighted by Crippen LogP contribution is 2.39. The van der Waals surface area contributed by atoms with Crippen LogP contribution in [0.15, 0.2) is 53.0 Å². The molecule has 1 aliphatic carbocycles. The standard InChI is InChI=1S/C17H17N3S2/c1-2-5-13(6-3-1)12-22-17-19-18-16(20(17)14-8-9-14)11-15-7-4-10-21-15/h1-7,10,14H,8-9,11-12H2. The summed E-state index contributed by atoms with van der Waals surface area (Å²) in [5.74, 6) is 2.06. The summed E-state index contributed by atoms with van der Waals surface area (Å²) in [5, 5.41) is 12.1. The predicted molar refractivity (Wildman–Crippen MR) is 91.4 cm³/mol. The summed E-state index contributed by atoms with van der Waals surface area (Å²) in [7, 11) is 0. The maximum absolute atomic E-state index is 4.46. The quantitative estimate of drug-likeness (QED) is 0.622. The molecule has 0 spiro atoms. The van der Waals surface area contributed by atoms with Crippen molar-refractivity contribution in [3.05, 3.63) is 64.1 Å². The van der Waals surface area contributed by atoms with Gasteiger partial charge in [0, 0.05) is 23.1 Å². The van der Waals surface area contributed by atoms with Crippen LogP contribution in [0, 0.1) is 0 Å². The molecule has 3 nitrogen and oxygen atoms in total. The second kappa shape index (κ2) is 6.26. The van der Waals surface area contributed by atoms with Gasteiger partial charge in [-0.15, -0.1) is 21.5 Å². The van der Waals surface area contributed by atoms with Crippen LogP contribution < -0.4 is 0 Å². The van der Waals surface area contributed by atoms with Crippen molar-refractivity contribution in [1.82, 2.24) is 14.8 Å². The van der Waals surface area contributed by atoms with Crippen molar-refractivity contribution in [3.63, 3.8) is 0 Å². The maximum atomic E-state index is 4.46. The van der Waals surface area contributed by atoms with Crippen molar-refractivity contribution in [2.24, 2.45) is 0 Å². The van der Waals surface area contributed by atoms with Gasteiger partial charge in [-0.05, 0) is 29.9 Å². The number of hydrogen-bond acceptors (Lipinski definition) is 4. The van der Waals surface area contributed by atoms with Crippen molar-refractivity contribution >= 4 is 23.1 Å². The Morgan fingerprint density at radius 2 is 1.95 bits per heavy atom. The molecule has 4 rings (SSSR count). The lowest BCUT2D eigenvalue weighted by Crippen LogP contribution is -2.03. The van der Waals surface area contributed by atoms with E-state index in [0.717, 1.165) is 23.2 Å². The molecule has 2 heterocycles. The van der Waals surface area contributed by atoms with Crippen LogP contribution in [0.3, 0.4) is 0 Å². The van der Waals surface area contributed by atoms with Crippen LogP contribution in [0.25, 0.3) is 0 Å².